The highest BCUT2D eigenvalue weighted by Gasteiger charge is 2.17. The van der Waals surface area contributed by atoms with Crippen LogP contribution in [-0.4, -0.2) is 72.2 Å². The Morgan fingerprint density at radius 3 is 2.70 bits per heavy atom. The molecule has 0 spiro atoms. The Morgan fingerprint density at radius 1 is 1.35 bits per heavy atom. The number of benzene rings is 1. The maximum Gasteiger partial charge on any atom is 0.257 e. The number of rotatable bonds is 4. The second-order valence-electron chi connectivity index (χ2n) is 5.02. The Balaban J connectivity index is 1.90. The van der Waals surface area contributed by atoms with Crippen LogP contribution < -0.4 is 5.32 Å². The van der Waals surface area contributed by atoms with Crippen LogP contribution in [0.5, 0.6) is 11.5 Å². The Kier molecular flexibility index (Phi) is 4.81. The summed E-state index contributed by atoms with van der Waals surface area (Å²) in [6.07, 6.45) is 0. The molecule has 2 rings (SSSR count). The van der Waals surface area contributed by atoms with Gasteiger partial charge >= 0.3 is 0 Å². The molecule has 1 aromatic rings. The molecule has 20 heavy (non-hydrogen) atoms. The topological polar surface area (TPSA) is 76.0 Å². The normalized spacial score (nSPS) is 16.1. The van der Waals surface area contributed by atoms with Gasteiger partial charge in [0.2, 0.25) is 0 Å². The van der Waals surface area contributed by atoms with Crippen LogP contribution in [0.15, 0.2) is 18.2 Å². The summed E-state index contributed by atoms with van der Waals surface area (Å²) in [6, 6.07) is 4.02. The lowest BCUT2D eigenvalue weighted by Gasteiger charge is -2.29. The molecule has 110 valence electrons. The number of hydrogen-bond acceptors (Lipinski definition) is 5. The van der Waals surface area contributed by atoms with E-state index in [0.717, 1.165) is 32.7 Å². The number of carbonyl (C=O) groups excluding carboxylic acids is 1. The van der Waals surface area contributed by atoms with Crippen LogP contribution in [0.2, 0.25) is 0 Å². The predicted octanol–water partition coefficient (Wildman–Crippen LogP) is 0.0750. The second kappa shape index (κ2) is 6.58. The smallest absolute Gasteiger partial charge is 0.257 e. The molecule has 6 nitrogen and oxygen atoms in total. The second-order valence-corrected chi connectivity index (χ2v) is 5.02. The fourth-order valence-corrected chi connectivity index (χ4v) is 2.23. The van der Waals surface area contributed by atoms with Crippen LogP contribution >= 0.6 is 0 Å². The first-order valence-corrected chi connectivity index (χ1v) is 6.78. The first-order chi connectivity index (χ1) is 9.58. The third kappa shape index (κ3) is 3.61. The molecule has 0 radical (unpaired) electrons. The average molecular weight is 279 g/mol. The quantitative estimate of drug-likeness (QED) is 0.727. The van der Waals surface area contributed by atoms with Gasteiger partial charge in [0.15, 0.2) is 0 Å². The van der Waals surface area contributed by atoms with Gasteiger partial charge in [-0.1, -0.05) is 0 Å². The van der Waals surface area contributed by atoms with Crippen molar-refractivity contribution in [2.24, 2.45) is 0 Å². The van der Waals surface area contributed by atoms with Crippen molar-refractivity contribution in [1.82, 2.24) is 15.1 Å². The van der Waals surface area contributed by atoms with Crippen LogP contribution in [-0.2, 0) is 0 Å². The molecule has 0 unspecified atom stereocenters. The summed E-state index contributed by atoms with van der Waals surface area (Å²) in [7, 11) is 1.72. The highest BCUT2D eigenvalue weighted by Crippen LogP contribution is 2.23. The summed E-state index contributed by atoms with van der Waals surface area (Å²) in [6.45, 7) is 5.38. The Morgan fingerprint density at radius 2 is 2.05 bits per heavy atom. The van der Waals surface area contributed by atoms with Gasteiger partial charge in [0.25, 0.3) is 5.91 Å². The van der Waals surface area contributed by atoms with E-state index in [2.05, 4.69) is 10.2 Å². The summed E-state index contributed by atoms with van der Waals surface area (Å²) >= 11 is 0. The molecular formula is C14H21N3O3. The number of carbonyl (C=O) groups is 1. The number of aromatic hydroxyl groups is 2. The van der Waals surface area contributed by atoms with Gasteiger partial charge in [-0.2, -0.15) is 0 Å². The van der Waals surface area contributed by atoms with Crippen molar-refractivity contribution in [2.75, 3.05) is 46.3 Å². The van der Waals surface area contributed by atoms with Crippen molar-refractivity contribution in [2.45, 2.75) is 0 Å². The van der Waals surface area contributed by atoms with Gasteiger partial charge in [-0.05, 0) is 12.1 Å². The minimum Gasteiger partial charge on any atom is -0.508 e. The maximum atomic E-state index is 12.2. The number of amides is 1. The minimum atomic E-state index is -0.238. The molecule has 1 aromatic carbocycles. The molecule has 0 saturated carbocycles. The SMILES string of the molecule is CN(CCN1CCNCC1)C(=O)c1ccc(O)cc1O. The van der Waals surface area contributed by atoms with Gasteiger partial charge < -0.3 is 20.4 Å². The molecule has 0 atom stereocenters. The predicted molar refractivity (Wildman–Crippen MR) is 76.0 cm³/mol. The monoisotopic (exact) mass is 279 g/mol. The van der Waals surface area contributed by atoms with E-state index >= 15 is 0 Å². The number of likely N-dealkylation sites (N-methyl/N-ethyl adjacent to an activating group) is 1. The van der Waals surface area contributed by atoms with Gasteiger partial charge in [0.1, 0.15) is 11.5 Å². The summed E-state index contributed by atoms with van der Waals surface area (Å²) < 4.78 is 0. The van der Waals surface area contributed by atoms with E-state index in [-0.39, 0.29) is 23.0 Å². The van der Waals surface area contributed by atoms with Crippen molar-refractivity contribution >= 4 is 5.91 Å². The molecule has 1 fully saturated rings. The van der Waals surface area contributed by atoms with Gasteiger partial charge in [-0.3, -0.25) is 9.69 Å². The first-order valence-electron chi connectivity index (χ1n) is 6.78. The highest BCUT2D eigenvalue weighted by molar-refractivity contribution is 5.96. The molecule has 6 heteroatoms. The van der Waals surface area contributed by atoms with E-state index in [1.165, 1.54) is 18.2 Å². The van der Waals surface area contributed by atoms with E-state index in [4.69, 9.17) is 0 Å². The average Bonchev–Trinajstić information content (AvgIpc) is 2.45. The molecular weight excluding hydrogens is 258 g/mol. The van der Waals surface area contributed by atoms with Crippen LogP contribution in [0.1, 0.15) is 10.4 Å². The van der Waals surface area contributed by atoms with Crippen LogP contribution in [0.3, 0.4) is 0 Å². The Labute approximate surface area is 118 Å². The van der Waals surface area contributed by atoms with E-state index < -0.39 is 0 Å². The molecule has 3 N–H and O–H groups in total. The first kappa shape index (κ1) is 14.6. The number of phenols is 2. The van der Waals surface area contributed by atoms with Crippen LogP contribution in [0, 0.1) is 0 Å². The number of hydrogen-bond donors (Lipinski definition) is 3. The fraction of sp³-hybridized carbons (Fsp3) is 0.500. The van der Waals surface area contributed by atoms with Crippen LogP contribution in [0.4, 0.5) is 0 Å². The van der Waals surface area contributed by atoms with Crippen molar-refractivity contribution in [1.29, 1.82) is 0 Å². The fourth-order valence-electron chi connectivity index (χ4n) is 2.23. The zero-order chi connectivity index (χ0) is 14.5. The third-order valence-electron chi connectivity index (χ3n) is 3.52. The third-order valence-corrected chi connectivity index (χ3v) is 3.52. The zero-order valence-electron chi connectivity index (χ0n) is 11.7. The number of piperazine rings is 1. The molecule has 1 saturated heterocycles. The largest absolute Gasteiger partial charge is 0.508 e. The summed E-state index contributed by atoms with van der Waals surface area (Å²) in [5, 5.41) is 22.2. The van der Waals surface area contributed by atoms with E-state index in [9.17, 15) is 15.0 Å². The Hall–Kier alpha value is -1.79. The van der Waals surface area contributed by atoms with Gasteiger partial charge in [-0.15, -0.1) is 0 Å². The molecule has 1 aliphatic rings. The molecule has 1 heterocycles. The maximum absolute atomic E-state index is 12.2. The summed E-state index contributed by atoms with van der Waals surface area (Å²) in [5.41, 5.74) is 0.214. The minimum absolute atomic E-state index is 0.0532. The molecule has 0 bridgehead atoms. The van der Waals surface area contributed by atoms with Crippen molar-refractivity contribution < 1.29 is 15.0 Å². The molecule has 0 aromatic heterocycles. The molecule has 1 aliphatic heterocycles. The number of phenolic OH excluding ortho intramolecular Hbond substituents is 2. The lowest BCUT2D eigenvalue weighted by molar-refractivity contribution is 0.0772. The summed E-state index contributed by atoms with van der Waals surface area (Å²) in [4.78, 5) is 16.1. The van der Waals surface area contributed by atoms with E-state index in [0.29, 0.717) is 6.54 Å². The highest BCUT2D eigenvalue weighted by atomic mass is 16.3. The van der Waals surface area contributed by atoms with Gasteiger partial charge in [0, 0.05) is 52.4 Å². The standard InChI is InChI=1S/C14H21N3O3/c1-16(8-9-17-6-4-15-5-7-17)14(20)12-3-2-11(18)10-13(12)19/h2-3,10,15,18-19H,4-9H2,1H3. The lowest BCUT2D eigenvalue weighted by atomic mass is 10.1. The van der Waals surface area contributed by atoms with Crippen molar-refractivity contribution in [3.05, 3.63) is 23.8 Å². The van der Waals surface area contributed by atoms with E-state index in [1.807, 2.05) is 0 Å². The molecule has 1 amide bonds. The lowest BCUT2D eigenvalue weighted by Crippen LogP contribution is -2.46. The number of nitrogens with zero attached hydrogens (tertiary/aromatic N) is 2. The van der Waals surface area contributed by atoms with Gasteiger partial charge in [-0.25, -0.2) is 0 Å². The van der Waals surface area contributed by atoms with Gasteiger partial charge in [0.05, 0.1) is 5.56 Å². The summed E-state index contributed by atoms with van der Waals surface area (Å²) in [5.74, 6) is -0.482. The number of nitrogens with one attached hydrogen (secondary N) is 1. The Bertz CT molecular complexity index is 473. The van der Waals surface area contributed by atoms with Crippen LogP contribution in [0.25, 0.3) is 0 Å². The molecule has 0 aliphatic carbocycles. The van der Waals surface area contributed by atoms with E-state index in [1.54, 1.807) is 11.9 Å². The zero-order valence-corrected chi connectivity index (χ0v) is 11.7. The van der Waals surface area contributed by atoms with Crippen molar-refractivity contribution in [3.8, 4) is 11.5 Å². The van der Waals surface area contributed by atoms with Crippen molar-refractivity contribution in [3.63, 3.8) is 0 Å².